The molecule has 0 radical (unpaired) electrons. The van der Waals surface area contributed by atoms with E-state index >= 15 is 0 Å². The molecule has 5 nitrogen and oxygen atoms in total. The Morgan fingerprint density at radius 3 is 2.39 bits per heavy atom. The van der Waals surface area contributed by atoms with Crippen molar-refractivity contribution in [2.24, 2.45) is 0 Å². The van der Waals surface area contributed by atoms with Crippen LogP contribution in [0.15, 0.2) is 60.7 Å². The van der Waals surface area contributed by atoms with Crippen molar-refractivity contribution in [3.63, 3.8) is 0 Å². The first-order valence-corrected chi connectivity index (χ1v) is 9.94. The van der Waals surface area contributed by atoms with Crippen LogP contribution in [-0.4, -0.2) is 29.6 Å². The van der Waals surface area contributed by atoms with E-state index in [9.17, 15) is 10.1 Å². The highest BCUT2D eigenvalue weighted by Crippen LogP contribution is 2.35. The summed E-state index contributed by atoms with van der Waals surface area (Å²) in [7, 11) is 0. The molecule has 0 aliphatic carbocycles. The number of hydrazine groups is 1. The van der Waals surface area contributed by atoms with Crippen LogP contribution in [0.2, 0.25) is 5.02 Å². The van der Waals surface area contributed by atoms with Gasteiger partial charge in [0, 0.05) is 36.1 Å². The molecular formula is C22H22ClN3O2. The molecule has 0 aromatic heterocycles. The van der Waals surface area contributed by atoms with Gasteiger partial charge in [0.05, 0.1) is 16.0 Å². The summed E-state index contributed by atoms with van der Waals surface area (Å²) in [6.07, 6.45) is 3.20. The topological polar surface area (TPSA) is 49.6 Å². The maximum absolute atomic E-state index is 11.4. The van der Waals surface area contributed by atoms with Gasteiger partial charge < -0.3 is 5.01 Å². The van der Waals surface area contributed by atoms with E-state index in [1.807, 2.05) is 42.5 Å². The normalized spacial score (nSPS) is 15.1. The number of rotatable bonds is 5. The number of hydrogen-bond acceptors (Lipinski definition) is 4. The highest BCUT2D eigenvalue weighted by atomic mass is 35.5. The average molecular weight is 396 g/mol. The molecule has 3 aromatic rings. The maximum Gasteiger partial charge on any atom is 0.277 e. The Labute approximate surface area is 169 Å². The van der Waals surface area contributed by atoms with Crippen LogP contribution in [0.5, 0.6) is 0 Å². The molecule has 0 amide bonds. The first-order chi connectivity index (χ1) is 13.6. The molecule has 1 fully saturated rings. The van der Waals surface area contributed by atoms with E-state index in [4.69, 9.17) is 11.6 Å². The van der Waals surface area contributed by atoms with Gasteiger partial charge in [-0.3, -0.25) is 10.1 Å². The van der Waals surface area contributed by atoms with Crippen molar-refractivity contribution in [2.45, 2.75) is 19.3 Å². The van der Waals surface area contributed by atoms with Gasteiger partial charge in [-0.15, -0.1) is 0 Å². The summed E-state index contributed by atoms with van der Waals surface area (Å²) in [4.78, 5) is 11.1. The van der Waals surface area contributed by atoms with Crippen molar-refractivity contribution in [2.75, 3.05) is 24.6 Å². The van der Waals surface area contributed by atoms with Crippen LogP contribution in [0.25, 0.3) is 10.8 Å². The molecule has 28 heavy (non-hydrogen) atoms. The smallest absolute Gasteiger partial charge is 0.277 e. The summed E-state index contributed by atoms with van der Waals surface area (Å²) < 4.78 is 0. The van der Waals surface area contributed by atoms with Gasteiger partial charge in [0.15, 0.2) is 0 Å². The average Bonchev–Trinajstić information content (AvgIpc) is 2.73. The Balaban J connectivity index is 1.63. The molecule has 0 bridgehead atoms. The second-order valence-electron chi connectivity index (χ2n) is 7.07. The van der Waals surface area contributed by atoms with E-state index in [-0.39, 0.29) is 10.6 Å². The first-order valence-electron chi connectivity index (χ1n) is 9.56. The highest BCUT2D eigenvalue weighted by Gasteiger charge is 2.23. The fraction of sp³-hybridized carbons (Fsp3) is 0.273. The van der Waals surface area contributed by atoms with E-state index in [0.717, 1.165) is 55.0 Å². The van der Waals surface area contributed by atoms with Crippen molar-refractivity contribution in [3.8, 4) is 0 Å². The standard InChI is InChI=1S/C22H22ClN3O2/c23-18-9-7-17(8-10-18)13-16-24-14-3-4-15-25(24)21-11-12-22(26(27)28)20-6-2-1-5-19(20)21/h1-2,5-12H,3-4,13-16H2. The van der Waals surface area contributed by atoms with Crippen molar-refractivity contribution in [1.82, 2.24) is 5.01 Å². The minimum absolute atomic E-state index is 0.157. The van der Waals surface area contributed by atoms with Crippen molar-refractivity contribution in [1.29, 1.82) is 0 Å². The zero-order valence-corrected chi connectivity index (χ0v) is 16.3. The Hall–Kier alpha value is -2.63. The number of non-ortho nitro benzene ring substituents is 1. The molecule has 144 valence electrons. The molecular weight excluding hydrogens is 374 g/mol. The molecule has 1 aliphatic rings. The maximum atomic E-state index is 11.4. The Morgan fingerprint density at radius 2 is 1.64 bits per heavy atom. The molecule has 0 spiro atoms. The number of nitro benzene ring substituents is 1. The monoisotopic (exact) mass is 395 g/mol. The predicted octanol–water partition coefficient (Wildman–Crippen LogP) is 5.46. The summed E-state index contributed by atoms with van der Waals surface area (Å²) >= 11 is 5.99. The summed E-state index contributed by atoms with van der Waals surface area (Å²) in [5.74, 6) is 0. The van der Waals surface area contributed by atoms with Gasteiger partial charge in [-0.2, -0.15) is 0 Å². The number of fused-ring (bicyclic) bond motifs is 1. The van der Waals surface area contributed by atoms with Gasteiger partial charge in [0.25, 0.3) is 5.69 Å². The quantitative estimate of drug-likeness (QED) is 0.425. The molecule has 6 heteroatoms. The predicted molar refractivity (Wildman–Crippen MR) is 114 cm³/mol. The van der Waals surface area contributed by atoms with Crippen LogP contribution in [0.1, 0.15) is 18.4 Å². The van der Waals surface area contributed by atoms with Crippen LogP contribution in [0.4, 0.5) is 11.4 Å². The van der Waals surface area contributed by atoms with Gasteiger partial charge in [-0.05, 0) is 49.1 Å². The zero-order valence-electron chi connectivity index (χ0n) is 15.6. The van der Waals surface area contributed by atoms with Gasteiger partial charge in [-0.1, -0.05) is 41.9 Å². The largest absolute Gasteiger partial charge is 0.305 e. The molecule has 1 heterocycles. The van der Waals surface area contributed by atoms with Gasteiger partial charge in [0.1, 0.15) is 0 Å². The molecule has 0 atom stereocenters. The van der Waals surface area contributed by atoms with Crippen LogP contribution < -0.4 is 5.01 Å². The third kappa shape index (κ3) is 3.81. The van der Waals surface area contributed by atoms with E-state index in [2.05, 4.69) is 22.2 Å². The number of anilines is 1. The minimum Gasteiger partial charge on any atom is -0.305 e. The number of hydrogen-bond donors (Lipinski definition) is 0. The molecule has 0 N–H and O–H groups in total. The third-order valence-electron chi connectivity index (χ3n) is 5.30. The molecule has 1 aliphatic heterocycles. The first kappa shape index (κ1) is 18.7. The fourth-order valence-corrected chi connectivity index (χ4v) is 4.01. The fourth-order valence-electron chi connectivity index (χ4n) is 3.88. The van der Waals surface area contributed by atoms with Crippen LogP contribution in [0.3, 0.4) is 0 Å². The van der Waals surface area contributed by atoms with Gasteiger partial charge in [-0.25, -0.2) is 5.01 Å². The Morgan fingerprint density at radius 1 is 0.929 bits per heavy atom. The van der Waals surface area contributed by atoms with Crippen LogP contribution in [-0.2, 0) is 6.42 Å². The molecule has 4 rings (SSSR count). The highest BCUT2D eigenvalue weighted by molar-refractivity contribution is 6.30. The van der Waals surface area contributed by atoms with Crippen LogP contribution in [0, 0.1) is 10.1 Å². The minimum atomic E-state index is -0.305. The van der Waals surface area contributed by atoms with Crippen molar-refractivity contribution in [3.05, 3.63) is 81.4 Å². The summed E-state index contributed by atoms with van der Waals surface area (Å²) in [6.45, 7) is 2.80. The lowest BCUT2D eigenvalue weighted by Crippen LogP contribution is -2.48. The SMILES string of the molecule is O=[N+]([O-])c1ccc(N2CCCCN2CCc2ccc(Cl)cc2)c2ccccc12. The summed E-state index contributed by atoms with van der Waals surface area (Å²) in [6, 6.07) is 19.1. The molecule has 3 aromatic carbocycles. The third-order valence-corrected chi connectivity index (χ3v) is 5.55. The van der Waals surface area contributed by atoms with Crippen LogP contribution >= 0.6 is 11.6 Å². The zero-order chi connectivity index (χ0) is 19.5. The van der Waals surface area contributed by atoms with E-state index in [0.29, 0.717) is 5.39 Å². The lowest BCUT2D eigenvalue weighted by Gasteiger charge is -2.41. The number of nitro groups is 1. The lowest BCUT2D eigenvalue weighted by atomic mass is 10.1. The molecule has 0 unspecified atom stereocenters. The van der Waals surface area contributed by atoms with Crippen molar-refractivity contribution < 1.29 is 4.92 Å². The molecule has 1 saturated heterocycles. The number of nitrogens with zero attached hydrogens (tertiary/aromatic N) is 3. The van der Waals surface area contributed by atoms with E-state index in [1.165, 1.54) is 5.56 Å². The van der Waals surface area contributed by atoms with Gasteiger partial charge in [0.2, 0.25) is 0 Å². The van der Waals surface area contributed by atoms with Gasteiger partial charge >= 0.3 is 0 Å². The Bertz CT molecular complexity index is 991. The summed E-state index contributed by atoms with van der Waals surface area (Å²) in [5.41, 5.74) is 2.45. The summed E-state index contributed by atoms with van der Waals surface area (Å²) in [5, 5.41) is 18.5. The second-order valence-corrected chi connectivity index (χ2v) is 7.50. The molecule has 0 saturated carbocycles. The lowest BCUT2D eigenvalue weighted by molar-refractivity contribution is -0.383. The van der Waals surface area contributed by atoms with Crippen molar-refractivity contribution >= 4 is 33.7 Å². The Kier molecular flexibility index (Phi) is 5.46. The second kappa shape index (κ2) is 8.17. The van der Waals surface area contributed by atoms with E-state index < -0.39 is 0 Å². The number of halogens is 1. The number of benzene rings is 3. The van der Waals surface area contributed by atoms with E-state index in [1.54, 1.807) is 6.07 Å².